The second-order valence-electron chi connectivity index (χ2n) is 2.56. The average molecular weight is 205 g/mol. The molecule has 0 aromatic carbocycles. The van der Waals surface area contributed by atoms with E-state index in [1.54, 1.807) is 6.08 Å². The highest BCUT2D eigenvalue weighted by Crippen LogP contribution is 2.34. The highest BCUT2D eigenvalue weighted by atomic mass is 35.5. The van der Waals surface area contributed by atoms with E-state index < -0.39 is 0 Å². The first-order valence-electron chi connectivity index (χ1n) is 3.43. The van der Waals surface area contributed by atoms with Gasteiger partial charge in [0.2, 0.25) is 0 Å². The van der Waals surface area contributed by atoms with Crippen LogP contribution in [0.2, 0.25) is 0 Å². The zero-order chi connectivity index (χ0) is 8.72. The van der Waals surface area contributed by atoms with Gasteiger partial charge in [0, 0.05) is 5.70 Å². The number of amidine groups is 1. The highest BCUT2D eigenvalue weighted by molar-refractivity contribution is 6.41. The molecule has 1 atom stereocenters. The highest BCUT2D eigenvalue weighted by Gasteiger charge is 2.30. The van der Waals surface area contributed by atoms with Crippen LogP contribution in [0.4, 0.5) is 0 Å². The second kappa shape index (κ2) is 2.76. The number of aliphatic imine (C=N–C) groups is 1. The fraction of sp³-hybridized carbons (Fsp3) is 0.286. The summed E-state index contributed by atoms with van der Waals surface area (Å²) in [5.74, 6) is 0.536. The number of nitrogens with zero attached hydrogens (tertiary/aromatic N) is 1. The summed E-state index contributed by atoms with van der Waals surface area (Å²) in [7, 11) is 0. The van der Waals surface area contributed by atoms with Crippen LogP contribution in [0.5, 0.6) is 0 Å². The van der Waals surface area contributed by atoms with E-state index in [2.05, 4.69) is 10.3 Å². The molecule has 1 unspecified atom stereocenters. The van der Waals surface area contributed by atoms with Crippen LogP contribution in [0.15, 0.2) is 26.8 Å². The maximum Gasteiger partial charge on any atom is 0.129 e. The van der Waals surface area contributed by atoms with E-state index in [9.17, 15) is 0 Å². The first-order valence-corrected chi connectivity index (χ1v) is 4.19. The Morgan fingerprint density at radius 2 is 2.33 bits per heavy atom. The third kappa shape index (κ3) is 1.05. The SMILES string of the molecule is OCC1=NC2C(=CC(Cl)=C2Cl)N1. The van der Waals surface area contributed by atoms with Crippen molar-refractivity contribution in [1.29, 1.82) is 0 Å². The van der Waals surface area contributed by atoms with Gasteiger partial charge in [-0.2, -0.15) is 0 Å². The fourth-order valence-electron chi connectivity index (χ4n) is 1.22. The predicted molar refractivity (Wildman–Crippen MR) is 48.3 cm³/mol. The van der Waals surface area contributed by atoms with Gasteiger partial charge in [-0.1, -0.05) is 23.2 Å². The van der Waals surface area contributed by atoms with Crippen molar-refractivity contribution < 1.29 is 5.11 Å². The Hall–Kier alpha value is -0.510. The molecule has 0 saturated carbocycles. The van der Waals surface area contributed by atoms with Gasteiger partial charge in [0.1, 0.15) is 18.5 Å². The summed E-state index contributed by atoms with van der Waals surface area (Å²) in [6.45, 7) is -0.102. The normalized spacial score (nSPS) is 26.8. The van der Waals surface area contributed by atoms with Crippen molar-refractivity contribution in [3.63, 3.8) is 0 Å². The van der Waals surface area contributed by atoms with Crippen molar-refractivity contribution in [1.82, 2.24) is 5.32 Å². The van der Waals surface area contributed by atoms with Gasteiger partial charge in [0.05, 0.1) is 10.1 Å². The Morgan fingerprint density at radius 3 is 2.92 bits per heavy atom. The van der Waals surface area contributed by atoms with Crippen molar-refractivity contribution in [2.75, 3.05) is 6.61 Å². The van der Waals surface area contributed by atoms with Crippen LogP contribution in [0.1, 0.15) is 0 Å². The first kappa shape index (κ1) is 8.10. The smallest absolute Gasteiger partial charge is 0.129 e. The van der Waals surface area contributed by atoms with Crippen molar-refractivity contribution >= 4 is 29.0 Å². The molecule has 5 heteroatoms. The van der Waals surface area contributed by atoms with Gasteiger partial charge in [-0.3, -0.25) is 4.99 Å². The maximum atomic E-state index is 8.76. The summed E-state index contributed by atoms with van der Waals surface area (Å²) in [5.41, 5.74) is 0.842. The summed E-state index contributed by atoms with van der Waals surface area (Å²) >= 11 is 11.6. The molecule has 64 valence electrons. The van der Waals surface area contributed by atoms with E-state index in [0.29, 0.717) is 15.9 Å². The van der Waals surface area contributed by atoms with Gasteiger partial charge < -0.3 is 10.4 Å². The molecule has 0 aromatic heterocycles. The topological polar surface area (TPSA) is 44.6 Å². The minimum Gasteiger partial charge on any atom is -0.388 e. The van der Waals surface area contributed by atoms with Crippen molar-refractivity contribution in [2.45, 2.75) is 6.04 Å². The molecule has 0 bridgehead atoms. The molecular weight excluding hydrogens is 199 g/mol. The Morgan fingerprint density at radius 1 is 1.58 bits per heavy atom. The standard InChI is InChI=1S/C7H6Cl2N2O/c8-3-1-4-7(6(3)9)11-5(2-12)10-4/h1,7,12H,2H2,(H,10,11). The quantitative estimate of drug-likeness (QED) is 0.668. The molecule has 0 aromatic rings. The van der Waals surface area contributed by atoms with Crippen molar-refractivity contribution in [3.8, 4) is 0 Å². The predicted octanol–water partition coefficient (Wildman–Crippen LogP) is 0.936. The molecule has 0 radical (unpaired) electrons. The van der Waals surface area contributed by atoms with Gasteiger partial charge in [-0.05, 0) is 6.08 Å². The molecule has 0 saturated heterocycles. The molecule has 2 aliphatic rings. The summed E-state index contributed by atoms with van der Waals surface area (Å²) < 4.78 is 0. The zero-order valence-corrected chi connectivity index (χ0v) is 7.52. The first-order chi connectivity index (χ1) is 5.72. The van der Waals surface area contributed by atoms with Crippen molar-refractivity contribution in [2.24, 2.45) is 4.99 Å². The number of aliphatic hydroxyl groups is 1. The Labute approximate surface area is 79.4 Å². The maximum absolute atomic E-state index is 8.76. The number of hydrogen-bond acceptors (Lipinski definition) is 3. The van der Waals surface area contributed by atoms with E-state index in [4.69, 9.17) is 28.3 Å². The van der Waals surface area contributed by atoms with Crippen molar-refractivity contribution in [3.05, 3.63) is 21.8 Å². The van der Waals surface area contributed by atoms with Gasteiger partial charge in [-0.15, -0.1) is 0 Å². The molecule has 1 heterocycles. The molecule has 0 spiro atoms. The summed E-state index contributed by atoms with van der Waals surface area (Å²) in [6, 6.07) is -0.207. The number of aliphatic hydroxyl groups excluding tert-OH is 1. The zero-order valence-electron chi connectivity index (χ0n) is 6.01. The second-order valence-corrected chi connectivity index (χ2v) is 3.37. The number of hydrogen-bond donors (Lipinski definition) is 2. The summed E-state index contributed by atoms with van der Waals surface area (Å²) in [6.07, 6.45) is 1.72. The number of rotatable bonds is 1. The monoisotopic (exact) mass is 204 g/mol. The minimum absolute atomic E-state index is 0.102. The number of allylic oxidation sites excluding steroid dienone is 2. The minimum atomic E-state index is -0.207. The van der Waals surface area contributed by atoms with E-state index in [1.807, 2.05) is 0 Å². The third-order valence-corrected chi connectivity index (χ3v) is 2.59. The molecule has 2 N–H and O–H groups in total. The molecule has 0 amide bonds. The Bertz CT molecular complexity index is 319. The lowest BCUT2D eigenvalue weighted by Gasteiger charge is -1.99. The van der Waals surface area contributed by atoms with Gasteiger partial charge in [0.25, 0.3) is 0 Å². The molecule has 2 rings (SSSR count). The van der Waals surface area contributed by atoms with Crippen LogP contribution in [0.25, 0.3) is 0 Å². The lowest BCUT2D eigenvalue weighted by Crippen LogP contribution is -2.20. The lowest BCUT2D eigenvalue weighted by molar-refractivity contribution is 0.354. The van der Waals surface area contributed by atoms with E-state index in [0.717, 1.165) is 5.70 Å². The van der Waals surface area contributed by atoms with Crippen LogP contribution in [-0.4, -0.2) is 23.6 Å². The molecule has 0 fully saturated rings. The molecule has 1 aliphatic heterocycles. The van der Waals surface area contributed by atoms with Gasteiger partial charge in [0.15, 0.2) is 0 Å². The largest absolute Gasteiger partial charge is 0.388 e. The summed E-state index contributed by atoms with van der Waals surface area (Å²) in [5, 5.41) is 12.7. The summed E-state index contributed by atoms with van der Waals surface area (Å²) in [4.78, 5) is 4.11. The van der Waals surface area contributed by atoms with Crippen LogP contribution < -0.4 is 5.32 Å². The van der Waals surface area contributed by atoms with E-state index in [-0.39, 0.29) is 12.6 Å². The molecule has 12 heavy (non-hydrogen) atoms. The Kier molecular flexibility index (Phi) is 1.87. The Balaban J connectivity index is 2.30. The van der Waals surface area contributed by atoms with Crippen LogP contribution in [-0.2, 0) is 0 Å². The number of nitrogens with one attached hydrogen (secondary N) is 1. The average Bonchev–Trinajstić information content (AvgIpc) is 2.55. The van der Waals surface area contributed by atoms with E-state index >= 15 is 0 Å². The fourth-order valence-corrected chi connectivity index (χ4v) is 1.66. The lowest BCUT2D eigenvalue weighted by atomic mass is 10.3. The van der Waals surface area contributed by atoms with Crippen LogP contribution in [0.3, 0.4) is 0 Å². The van der Waals surface area contributed by atoms with Gasteiger partial charge >= 0.3 is 0 Å². The number of fused-ring (bicyclic) bond motifs is 1. The van der Waals surface area contributed by atoms with Gasteiger partial charge in [-0.25, -0.2) is 0 Å². The molecular formula is C7H6Cl2N2O. The third-order valence-electron chi connectivity index (χ3n) is 1.77. The van der Waals surface area contributed by atoms with Crippen LogP contribution in [0, 0.1) is 0 Å². The number of halogens is 2. The molecule has 1 aliphatic carbocycles. The van der Waals surface area contributed by atoms with Crippen LogP contribution >= 0.6 is 23.2 Å². The van der Waals surface area contributed by atoms with E-state index in [1.165, 1.54) is 0 Å². The molecule has 3 nitrogen and oxygen atoms in total.